The Morgan fingerprint density at radius 3 is 2.45 bits per heavy atom. The minimum Gasteiger partial charge on any atom is -0.347 e. The molecule has 152 valence electrons. The van der Waals surface area contributed by atoms with Crippen LogP contribution >= 0.6 is 0 Å². The van der Waals surface area contributed by atoms with Crippen LogP contribution in [0.2, 0.25) is 0 Å². The van der Waals surface area contributed by atoms with Gasteiger partial charge in [-0.25, -0.2) is 4.98 Å². The molecule has 0 saturated carbocycles. The molecule has 2 aliphatic heterocycles. The normalized spacial score (nSPS) is 18.0. The Balaban J connectivity index is 1.38. The number of hydrogen-bond donors (Lipinski definition) is 1. The molecule has 0 bridgehead atoms. The number of aromatic nitrogens is 1. The average Bonchev–Trinajstić information content (AvgIpc) is 3.21. The average molecular weight is 395 g/mol. The van der Waals surface area contributed by atoms with Crippen molar-refractivity contribution in [1.82, 2.24) is 15.2 Å². The zero-order valence-corrected chi connectivity index (χ0v) is 16.5. The molecule has 3 heterocycles. The summed E-state index contributed by atoms with van der Waals surface area (Å²) in [6.07, 6.45) is 1.30. The van der Waals surface area contributed by atoms with Gasteiger partial charge in [0.15, 0.2) is 5.79 Å². The summed E-state index contributed by atoms with van der Waals surface area (Å²) in [5, 5.41) is 2.88. The van der Waals surface area contributed by atoms with E-state index in [1.54, 1.807) is 23.1 Å². The number of hydrogen-bond acceptors (Lipinski definition) is 5. The highest BCUT2D eigenvalue weighted by Gasteiger charge is 2.41. The van der Waals surface area contributed by atoms with Gasteiger partial charge < -0.3 is 19.7 Å². The van der Waals surface area contributed by atoms with Gasteiger partial charge in [0.1, 0.15) is 11.4 Å². The molecule has 7 heteroatoms. The summed E-state index contributed by atoms with van der Waals surface area (Å²) < 4.78 is 11.4. The second-order valence-electron chi connectivity index (χ2n) is 7.42. The maximum atomic E-state index is 12.9. The highest BCUT2D eigenvalue weighted by atomic mass is 16.7. The second-order valence-corrected chi connectivity index (χ2v) is 7.42. The van der Waals surface area contributed by atoms with Gasteiger partial charge in [0.2, 0.25) is 0 Å². The van der Waals surface area contributed by atoms with Crippen LogP contribution in [0.3, 0.4) is 0 Å². The number of piperidine rings is 1. The number of amides is 2. The molecule has 1 aromatic heterocycles. The van der Waals surface area contributed by atoms with E-state index in [4.69, 9.17) is 9.47 Å². The van der Waals surface area contributed by atoms with Crippen LogP contribution in [-0.4, -0.2) is 53.8 Å². The number of ether oxygens (including phenoxy) is 2. The standard InChI is InChI=1S/C22H25N3O4/c1-16-5-2-3-6-17(16)15-23-20(26)18-7-4-8-19(24-18)21(27)25-11-9-22(10-12-25)28-13-14-29-22/h2-8H,9-15H2,1H3,(H,23,26). The van der Waals surface area contributed by atoms with Crippen LogP contribution in [0.15, 0.2) is 42.5 Å². The maximum Gasteiger partial charge on any atom is 0.272 e. The molecule has 0 atom stereocenters. The van der Waals surface area contributed by atoms with Gasteiger partial charge in [-0.15, -0.1) is 0 Å². The lowest BCUT2D eigenvalue weighted by Crippen LogP contribution is -2.47. The Morgan fingerprint density at radius 1 is 1.03 bits per heavy atom. The second kappa shape index (κ2) is 8.31. The molecule has 2 fully saturated rings. The number of benzene rings is 1. The first-order valence-electron chi connectivity index (χ1n) is 9.93. The van der Waals surface area contributed by atoms with E-state index in [1.165, 1.54) is 0 Å². The van der Waals surface area contributed by atoms with E-state index in [-0.39, 0.29) is 23.2 Å². The molecular weight excluding hydrogens is 370 g/mol. The Hall–Kier alpha value is -2.77. The zero-order chi connectivity index (χ0) is 20.3. The first-order valence-corrected chi connectivity index (χ1v) is 9.93. The molecule has 29 heavy (non-hydrogen) atoms. The van der Waals surface area contributed by atoms with Crippen molar-refractivity contribution in [3.8, 4) is 0 Å². The van der Waals surface area contributed by atoms with E-state index in [2.05, 4.69) is 10.3 Å². The number of likely N-dealkylation sites (tertiary alicyclic amines) is 1. The molecule has 1 spiro atoms. The molecule has 2 saturated heterocycles. The predicted molar refractivity (Wildman–Crippen MR) is 106 cm³/mol. The third-order valence-electron chi connectivity index (χ3n) is 5.53. The quantitative estimate of drug-likeness (QED) is 0.859. The van der Waals surface area contributed by atoms with Gasteiger partial charge in [-0.2, -0.15) is 0 Å². The Labute approximate surface area is 170 Å². The van der Waals surface area contributed by atoms with Crippen molar-refractivity contribution in [1.29, 1.82) is 0 Å². The van der Waals surface area contributed by atoms with Crippen molar-refractivity contribution >= 4 is 11.8 Å². The Morgan fingerprint density at radius 2 is 1.72 bits per heavy atom. The summed E-state index contributed by atoms with van der Waals surface area (Å²) in [6.45, 7) is 4.72. The fourth-order valence-electron chi connectivity index (χ4n) is 3.75. The third kappa shape index (κ3) is 4.31. The molecule has 0 aliphatic carbocycles. The monoisotopic (exact) mass is 395 g/mol. The topological polar surface area (TPSA) is 80.8 Å². The van der Waals surface area contributed by atoms with Crippen LogP contribution in [0.4, 0.5) is 0 Å². The molecule has 4 rings (SSSR count). The molecule has 2 aliphatic rings. The smallest absolute Gasteiger partial charge is 0.272 e. The van der Waals surface area contributed by atoms with Crippen molar-refractivity contribution in [2.75, 3.05) is 26.3 Å². The number of carbonyl (C=O) groups is 2. The van der Waals surface area contributed by atoms with E-state index in [0.717, 1.165) is 11.1 Å². The lowest BCUT2D eigenvalue weighted by Gasteiger charge is -2.37. The van der Waals surface area contributed by atoms with Crippen LogP contribution in [0, 0.1) is 6.92 Å². The van der Waals surface area contributed by atoms with Crippen LogP contribution in [0.1, 0.15) is 44.9 Å². The van der Waals surface area contributed by atoms with Crippen molar-refractivity contribution in [2.24, 2.45) is 0 Å². The number of nitrogens with zero attached hydrogens (tertiary/aromatic N) is 2. The van der Waals surface area contributed by atoms with E-state index < -0.39 is 5.79 Å². The summed E-state index contributed by atoms with van der Waals surface area (Å²) >= 11 is 0. The third-order valence-corrected chi connectivity index (χ3v) is 5.53. The van der Waals surface area contributed by atoms with E-state index in [9.17, 15) is 9.59 Å². The molecule has 1 aromatic carbocycles. The summed E-state index contributed by atoms with van der Waals surface area (Å²) in [5.41, 5.74) is 2.67. The van der Waals surface area contributed by atoms with Gasteiger partial charge in [-0.1, -0.05) is 30.3 Å². The summed E-state index contributed by atoms with van der Waals surface area (Å²) in [5.74, 6) is -0.999. The molecule has 2 amide bonds. The van der Waals surface area contributed by atoms with E-state index in [0.29, 0.717) is 45.7 Å². The Bertz CT molecular complexity index is 898. The Kier molecular flexibility index (Phi) is 5.60. The molecule has 0 radical (unpaired) electrons. The lowest BCUT2D eigenvalue weighted by atomic mass is 10.0. The molecule has 7 nitrogen and oxygen atoms in total. The largest absolute Gasteiger partial charge is 0.347 e. The fourth-order valence-corrected chi connectivity index (χ4v) is 3.75. The van der Waals surface area contributed by atoms with Crippen LogP contribution in [-0.2, 0) is 16.0 Å². The van der Waals surface area contributed by atoms with Gasteiger partial charge in [0.25, 0.3) is 11.8 Å². The van der Waals surface area contributed by atoms with Crippen molar-refractivity contribution in [2.45, 2.75) is 32.1 Å². The van der Waals surface area contributed by atoms with Crippen molar-refractivity contribution in [3.63, 3.8) is 0 Å². The summed E-state index contributed by atoms with van der Waals surface area (Å²) in [6, 6.07) is 12.8. The minimum absolute atomic E-state index is 0.175. The van der Waals surface area contributed by atoms with Gasteiger partial charge in [-0.05, 0) is 30.2 Å². The number of nitrogens with one attached hydrogen (secondary N) is 1. The van der Waals surface area contributed by atoms with Gasteiger partial charge in [0, 0.05) is 32.5 Å². The predicted octanol–water partition coefficient (Wildman–Crippen LogP) is 2.30. The van der Waals surface area contributed by atoms with Crippen LogP contribution in [0.5, 0.6) is 0 Å². The summed E-state index contributed by atoms with van der Waals surface area (Å²) in [4.78, 5) is 31.4. The minimum atomic E-state index is -0.526. The molecule has 0 unspecified atom stereocenters. The van der Waals surface area contributed by atoms with Crippen molar-refractivity contribution in [3.05, 3.63) is 65.0 Å². The van der Waals surface area contributed by atoms with Gasteiger partial charge in [-0.3, -0.25) is 9.59 Å². The lowest BCUT2D eigenvalue weighted by molar-refractivity contribution is -0.181. The van der Waals surface area contributed by atoms with Crippen molar-refractivity contribution < 1.29 is 19.1 Å². The highest BCUT2D eigenvalue weighted by Crippen LogP contribution is 2.31. The number of rotatable bonds is 4. The van der Waals surface area contributed by atoms with Gasteiger partial charge in [0.05, 0.1) is 13.2 Å². The first-order chi connectivity index (χ1) is 14.1. The fraction of sp³-hybridized carbons (Fsp3) is 0.409. The maximum absolute atomic E-state index is 12.9. The SMILES string of the molecule is Cc1ccccc1CNC(=O)c1cccc(C(=O)N2CCC3(CC2)OCCO3)n1. The molecule has 2 aromatic rings. The van der Waals surface area contributed by atoms with Gasteiger partial charge >= 0.3 is 0 Å². The van der Waals surface area contributed by atoms with Crippen LogP contribution in [0.25, 0.3) is 0 Å². The summed E-state index contributed by atoms with van der Waals surface area (Å²) in [7, 11) is 0. The highest BCUT2D eigenvalue weighted by molar-refractivity contribution is 5.96. The molecule has 1 N–H and O–H groups in total. The van der Waals surface area contributed by atoms with E-state index >= 15 is 0 Å². The number of carbonyl (C=O) groups excluding carboxylic acids is 2. The number of aryl methyl sites for hydroxylation is 1. The first kappa shape index (κ1) is 19.5. The zero-order valence-electron chi connectivity index (χ0n) is 16.5. The van der Waals surface area contributed by atoms with Crippen LogP contribution < -0.4 is 5.32 Å². The van der Waals surface area contributed by atoms with E-state index in [1.807, 2.05) is 31.2 Å². The molecular formula is C22H25N3O4. The number of pyridine rings is 1.